The normalized spacial score (nSPS) is 10.3. The first kappa shape index (κ1) is 12.3. The number of carboxylic acids is 1. The molecule has 0 unspecified atom stereocenters. The van der Waals surface area contributed by atoms with Gasteiger partial charge in [-0.2, -0.15) is 0 Å². The van der Waals surface area contributed by atoms with Gasteiger partial charge < -0.3 is 10.8 Å². The summed E-state index contributed by atoms with van der Waals surface area (Å²) in [5.74, 6) is -1.04. The molecule has 5 nitrogen and oxygen atoms in total. The number of aromatic nitrogens is 2. The highest BCUT2D eigenvalue weighted by Gasteiger charge is 2.18. The minimum absolute atomic E-state index is 0.0439. The van der Waals surface area contributed by atoms with Crippen LogP contribution in [-0.2, 0) is 0 Å². The number of carboxylic acid groups (broad SMARTS) is 1. The van der Waals surface area contributed by atoms with E-state index in [4.69, 9.17) is 17.3 Å². The third kappa shape index (κ3) is 2.26. The summed E-state index contributed by atoms with van der Waals surface area (Å²) in [6.45, 7) is 1.58. The topological polar surface area (TPSA) is 89.1 Å². The monoisotopic (exact) mass is 263 g/mol. The number of rotatable bonds is 2. The predicted molar refractivity (Wildman–Crippen MR) is 68.6 cm³/mol. The molecule has 1 heterocycles. The minimum atomic E-state index is -1.09. The standard InChI is InChI=1S/C12H10ClN3O2/c1-6-9(11(17)18)10(16-12(14)15-6)7-2-4-8(13)5-3-7/h2-5H,1H3,(H,17,18)(H2,14,15,16). The molecule has 0 amide bonds. The van der Waals surface area contributed by atoms with E-state index >= 15 is 0 Å². The van der Waals surface area contributed by atoms with E-state index in [9.17, 15) is 9.90 Å². The number of nitrogens with two attached hydrogens (primary N) is 1. The van der Waals surface area contributed by atoms with E-state index in [1.54, 1.807) is 31.2 Å². The molecule has 0 aliphatic carbocycles. The quantitative estimate of drug-likeness (QED) is 0.868. The second-order valence-corrected chi connectivity index (χ2v) is 4.14. The van der Waals surface area contributed by atoms with Crippen LogP contribution in [0.15, 0.2) is 24.3 Å². The molecule has 0 atom stereocenters. The summed E-state index contributed by atoms with van der Waals surface area (Å²) in [6, 6.07) is 6.71. The van der Waals surface area contributed by atoms with Crippen LogP contribution in [0.25, 0.3) is 11.3 Å². The summed E-state index contributed by atoms with van der Waals surface area (Å²) >= 11 is 5.79. The number of benzene rings is 1. The van der Waals surface area contributed by atoms with E-state index in [2.05, 4.69) is 9.97 Å². The Balaban J connectivity index is 2.69. The molecule has 1 aromatic carbocycles. The van der Waals surface area contributed by atoms with Crippen molar-refractivity contribution in [2.24, 2.45) is 0 Å². The van der Waals surface area contributed by atoms with Gasteiger partial charge in [-0.1, -0.05) is 23.7 Å². The highest BCUT2D eigenvalue weighted by Crippen LogP contribution is 2.25. The average Bonchev–Trinajstić information content (AvgIpc) is 2.28. The summed E-state index contributed by atoms with van der Waals surface area (Å²) in [4.78, 5) is 19.1. The molecule has 0 spiro atoms. The second-order valence-electron chi connectivity index (χ2n) is 3.70. The maximum Gasteiger partial charge on any atom is 0.339 e. The molecule has 0 aliphatic heterocycles. The molecule has 0 saturated heterocycles. The number of halogens is 1. The number of nitrogen functional groups attached to an aromatic ring is 1. The van der Waals surface area contributed by atoms with Gasteiger partial charge in [0, 0.05) is 10.6 Å². The number of aromatic carboxylic acids is 1. The maximum absolute atomic E-state index is 11.2. The lowest BCUT2D eigenvalue weighted by Gasteiger charge is -2.08. The van der Waals surface area contributed by atoms with E-state index in [1.165, 1.54) is 0 Å². The molecule has 0 fully saturated rings. The van der Waals surface area contributed by atoms with Gasteiger partial charge in [-0.3, -0.25) is 0 Å². The maximum atomic E-state index is 11.2. The van der Waals surface area contributed by atoms with E-state index in [0.717, 1.165) is 0 Å². The number of anilines is 1. The Morgan fingerprint density at radius 3 is 2.44 bits per heavy atom. The highest BCUT2D eigenvalue weighted by atomic mass is 35.5. The Hall–Kier alpha value is -2.14. The first-order chi connectivity index (χ1) is 8.49. The van der Waals surface area contributed by atoms with Gasteiger partial charge in [0.1, 0.15) is 5.56 Å². The van der Waals surface area contributed by atoms with E-state index in [0.29, 0.717) is 22.0 Å². The Morgan fingerprint density at radius 2 is 1.89 bits per heavy atom. The number of aryl methyl sites for hydroxylation is 1. The molecule has 1 aromatic heterocycles. The van der Waals surface area contributed by atoms with Crippen molar-refractivity contribution in [2.75, 3.05) is 5.73 Å². The Morgan fingerprint density at radius 1 is 1.28 bits per heavy atom. The molecule has 3 N–H and O–H groups in total. The summed E-state index contributed by atoms with van der Waals surface area (Å²) in [6.07, 6.45) is 0. The summed E-state index contributed by atoms with van der Waals surface area (Å²) in [5, 5.41) is 9.77. The number of hydrogen-bond acceptors (Lipinski definition) is 4. The van der Waals surface area contributed by atoms with Crippen LogP contribution in [0, 0.1) is 6.92 Å². The fourth-order valence-corrected chi connectivity index (χ4v) is 1.79. The SMILES string of the molecule is Cc1nc(N)nc(-c2ccc(Cl)cc2)c1C(=O)O. The molecule has 18 heavy (non-hydrogen) atoms. The van der Waals surface area contributed by atoms with Crippen LogP contribution in [0.1, 0.15) is 16.1 Å². The second kappa shape index (κ2) is 4.62. The van der Waals surface area contributed by atoms with Crippen LogP contribution in [-0.4, -0.2) is 21.0 Å². The number of nitrogens with zero attached hydrogens (tertiary/aromatic N) is 2. The molecule has 92 valence electrons. The van der Waals surface area contributed by atoms with Crippen molar-refractivity contribution in [3.8, 4) is 11.3 Å². The van der Waals surface area contributed by atoms with Crippen molar-refractivity contribution in [1.82, 2.24) is 9.97 Å². The van der Waals surface area contributed by atoms with Gasteiger partial charge in [0.2, 0.25) is 5.95 Å². The Kier molecular flexibility index (Phi) is 3.16. The minimum Gasteiger partial charge on any atom is -0.478 e. The lowest BCUT2D eigenvalue weighted by Crippen LogP contribution is -2.09. The summed E-state index contributed by atoms with van der Waals surface area (Å²) < 4.78 is 0. The fraction of sp³-hybridized carbons (Fsp3) is 0.0833. The van der Waals surface area contributed by atoms with Crippen molar-refractivity contribution in [1.29, 1.82) is 0 Å². The van der Waals surface area contributed by atoms with Crippen molar-refractivity contribution in [3.63, 3.8) is 0 Å². The molecule has 0 aliphatic rings. The zero-order valence-electron chi connectivity index (χ0n) is 9.51. The summed E-state index contributed by atoms with van der Waals surface area (Å²) in [5.41, 5.74) is 6.86. The molecule has 6 heteroatoms. The van der Waals surface area contributed by atoms with Crippen LogP contribution in [0.4, 0.5) is 5.95 Å². The van der Waals surface area contributed by atoms with Crippen LogP contribution < -0.4 is 5.73 Å². The molecule has 2 aromatic rings. The van der Waals surface area contributed by atoms with Gasteiger partial charge in [-0.05, 0) is 19.1 Å². The van der Waals surface area contributed by atoms with Crippen LogP contribution >= 0.6 is 11.6 Å². The van der Waals surface area contributed by atoms with E-state index in [1.807, 2.05) is 0 Å². The van der Waals surface area contributed by atoms with Gasteiger partial charge in [-0.15, -0.1) is 0 Å². The zero-order chi connectivity index (χ0) is 13.3. The van der Waals surface area contributed by atoms with Crippen molar-refractivity contribution in [3.05, 3.63) is 40.5 Å². The lowest BCUT2D eigenvalue weighted by atomic mass is 10.0. The Bertz CT molecular complexity index is 611. The summed E-state index contributed by atoms with van der Waals surface area (Å²) in [7, 11) is 0. The first-order valence-electron chi connectivity index (χ1n) is 5.12. The number of carbonyl (C=O) groups is 1. The largest absolute Gasteiger partial charge is 0.478 e. The van der Waals surface area contributed by atoms with Crippen molar-refractivity contribution in [2.45, 2.75) is 6.92 Å². The van der Waals surface area contributed by atoms with Crippen LogP contribution in [0.2, 0.25) is 5.02 Å². The molecular formula is C12H10ClN3O2. The highest BCUT2D eigenvalue weighted by molar-refractivity contribution is 6.30. The van der Waals surface area contributed by atoms with Crippen molar-refractivity contribution < 1.29 is 9.90 Å². The third-order valence-electron chi connectivity index (χ3n) is 2.44. The molecular weight excluding hydrogens is 254 g/mol. The molecule has 2 rings (SSSR count). The third-order valence-corrected chi connectivity index (χ3v) is 2.69. The predicted octanol–water partition coefficient (Wildman–Crippen LogP) is 2.39. The smallest absolute Gasteiger partial charge is 0.339 e. The zero-order valence-corrected chi connectivity index (χ0v) is 10.3. The molecule has 0 bridgehead atoms. The van der Waals surface area contributed by atoms with Crippen LogP contribution in [0.5, 0.6) is 0 Å². The molecule has 0 saturated carbocycles. The average molecular weight is 264 g/mol. The Labute approximate surface area is 108 Å². The first-order valence-corrected chi connectivity index (χ1v) is 5.50. The van der Waals surface area contributed by atoms with Crippen LogP contribution in [0.3, 0.4) is 0 Å². The number of hydrogen-bond donors (Lipinski definition) is 2. The van der Waals surface area contributed by atoms with Gasteiger partial charge in [0.05, 0.1) is 11.4 Å². The fourth-order valence-electron chi connectivity index (χ4n) is 1.67. The van der Waals surface area contributed by atoms with Gasteiger partial charge in [-0.25, -0.2) is 14.8 Å². The van der Waals surface area contributed by atoms with Gasteiger partial charge >= 0.3 is 5.97 Å². The van der Waals surface area contributed by atoms with Gasteiger partial charge in [0.25, 0.3) is 0 Å². The van der Waals surface area contributed by atoms with Gasteiger partial charge in [0.15, 0.2) is 0 Å². The van der Waals surface area contributed by atoms with E-state index < -0.39 is 5.97 Å². The van der Waals surface area contributed by atoms with Crippen molar-refractivity contribution >= 4 is 23.5 Å². The van der Waals surface area contributed by atoms with E-state index in [-0.39, 0.29) is 11.5 Å². The lowest BCUT2D eigenvalue weighted by molar-refractivity contribution is 0.0696. The molecule has 0 radical (unpaired) electrons.